The van der Waals surface area contributed by atoms with E-state index >= 15 is 0 Å². The molecular weight excluding hydrogens is 244 g/mol. The molecule has 0 bridgehead atoms. The van der Waals surface area contributed by atoms with E-state index in [0.717, 1.165) is 17.0 Å². The molecular formula is C13H16N4O2. The second-order valence-electron chi connectivity index (χ2n) is 4.29. The van der Waals surface area contributed by atoms with Gasteiger partial charge in [0.1, 0.15) is 0 Å². The predicted molar refractivity (Wildman–Crippen MR) is 71.3 cm³/mol. The van der Waals surface area contributed by atoms with Gasteiger partial charge in [-0.1, -0.05) is 0 Å². The Labute approximate surface area is 111 Å². The summed E-state index contributed by atoms with van der Waals surface area (Å²) in [5, 5.41) is 4.39. The number of nitrogens with two attached hydrogens (primary N) is 1. The number of aryl methyl sites for hydroxylation is 1. The zero-order valence-corrected chi connectivity index (χ0v) is 11.4. The van der Waals surface area contributed by atoms with Gasteiger partial charge in [-0.25, -0.2) is 14.5 Å². The van der Waals surface area contributed by atoms with Gasteiger partial charge in [-0.15, -0.1) is 0 Å². The third kappa shape index (κ3) is 2.05. The van der Waals surface area contributed by atoms with E-state index < -0.39 is 5.97 Å². The van der Waals surface area contributed by atoms with Crippen LogP contribution in [0.5, 0.6) is 0 Å². The van der Waals surface area contributed by atoms with Crippen LogP contribution in [0, 0.1) is 20.8 Å². The van der Waals surface area contributed by atoms with Gasteiger partial charge >= 0.3 is 5.97 Å². The SMILES string of the molecule is COC(=O)c1ccnc(-n2nc(C)c(C)c2C)c1N. The summed E-state index contributed by atoms with van der Waals surface area (Å²) in [5.74, 6) is -0.0454. The molecule has 19 heavy (non-hydrogen) atoms. The number of nitrogens with zero attached hydrogens (tertiary/aromatic N) is 3. The van der Waals surface area contributed by atoms with E-state index in [1.165, 1.54) is 19.4 Å². The molecule has 0 spiro atoms. The number of carbonyl (C=O) groups is 1. The summed E-state index contributed by atoms with van der Waals surface area (Å²) < 4.78 is 6.34. The first-order valence-electron chi connectivity index (χ1n) is 5.83. The zero-order valence-electron chi connectivity index (χ0n) is 11.4. The van der Waals surface area contributed by atoms with Crippen molar-refractivity contribution in [1.82, 2.24) is 14.8 Å². The molecule has 0 aliphatic rings. The molecule has 2 rings (SSSR count). The molecule has 100 valence electrons. The number of rotatable bonds is 2. The molecule has 0 radical (unpaired) electrons. The second-order valence-corrected chi connectivity index (χ2v) is 4.29. The molecule has 0 amide bonds. The van der Waals surface area contributed by atoms with Gasteiger partial charge in [0.05, 0.1) is 24.1 Å². The van der Waals surface area contributed by atoms with Gasteiger partial charge in [0.25, 0.3) is 0 Å². The Morgan fingerprint density at radius 2 is 2.05 bits per heavy atom. The summed E-state index contributed by atoms with van der Waals surface area (Å²) in [4.78, 5) is 15.8. The van der Waals surface area contributed by atoms with Crippen molar-refractivity contribution in [1.29, 1.82) is 0 Å². The van der Waals surface area contributed by atoms with Gasteiger partial charge in [0, 0.05) is 11.9 Å². The first-order valence-corrected chi connectivity index (χ1v) is 5.83. The van der Waals surface area contributed by atoms with E-state index in [4.69, 9.17) is 10.5 Å². The Hall–Kier alpha value is -2.37. The van der Waals surface area contributed by atoms with E-state index in [1.54, 1.807) is 4.68 Å². The van der Waals surface area contributed by atoms with Crippen molar-refractivity contribution in [2.24, 2.45) is 0 Å². The number of carbonyl (C=O) groups excluding carboxylic acids is 1. The van der Waals surface area contributed by atoms with Crippen LogP contribution in [-0.4, -0.2) is 27.8 Å². The summed E-state index contributed by atoms with van der Waals surface area (Å²) in [7, 11) is 1.31. The molecule has 0 saturated carbocycles. The van der Waals surface area contributed by atoms with Crippen molar-refractivity contribution in [2.45, 2.75) is 20.8 Å². The summed E-state index contributed by atoms with van der Waals surface area (Å²) in [6, 6.07) is 1.53. The maximum atomic E-state index is 11.6. The lowest BCUT2D eigenvalue weighted by atomic mass is 10.2. The Morgan fingerprint density at radius 1 is 1.37 bits per heavy atom. The van der Waals surface area contributed by atoms with Crippen LogP contribution < -0.4 is 5.73 Å². The average molecular weight is 260 g/mol. The minimum Gasteiger partial charge on any atom is -0.465 e. The highest BCUT2D eigenvalue weighted by Crippen LogP contribution is 2.23. The molecule has 0 saturated heterocycles. The van der Waals surface area contributed by atoms with Gasteiger partial charge in [0.2, 0.25) is 0 Å². The second kappa shape index (κ2) is 4.72. The number of pyridine rings is 1. The smallest absolute Gasteiger partial charge is 0.340 e. The highest BCUT2D eigenvalue weighted by atomic mass is 16.5. The van der Waals surface area contributed by atoms with Crippen molar-refractivity contribution in [2.75, 3.05) is 12.8 Å². The summed E-state index contributed by atoms with van der Waals surface area (Å²) in [6.45, 7) is 5.83. The van der Waals surface area contributed by atoms with E-state index in [0.29, 0.717) is 5.82 Å². The van der Waals surface area contributed by atoms with Crippen molar-refractivity contribution in [3.05, 3.63) is 34.8 Å². The van der Waals surface area contributed by atoms with Crippen LogP contribution in [0.4, 0.5) is 5.69 Å². The molecule has 0 aliphatic heterocycles. The van der Waals surface area contributed by atoms with Gasteiger partial charge in [0.15, 0.2) is 5.82 Å². The third-order valence-corrected chi connectivity index (χ3v) is 3.23. The van der Waals surface area contributed by atoms with Crippen molar-refractivity contribution >= 4 is 11.7 Å². The first-order chi connectivity index (χ1) is 8.97. The monoisotopic (exact) mass is 260 g/mol. The van der Waals surface area contributed by atoms with Crippen LogP contribution >= 0.6 is 0 Å². The van der Waals surface area contributed by atoms with Crippen molar-refractivity contribution in [3.63, 3.8) is 0 Å². The topological polar surface area (TPSA) is 83.0 Å². The van der Waals surface area contributed by atoms with Gasteiger partial charge < -0.3 is 10.5 Å². The van der Waals surface area contributed by atoms with Crippen LogP contribution in [0.3, 0.4) is 0 Å². The molecule has 2 N–H and O–H groups in total. The lowest BCUT2D eigenvalue weighted by Gasteiger charge is -2.10. The number of anilines is 1. The third-order valence-electron chi connectivity index (χ3n) is 3.23. The standard InChI is InChI=1S/C13H16N4O2/c1-7-8(2)16-17(9(7)3)12-11(14)10(5-6-15-12)13(18)19-4/h5-6H,14H2,1-4H3. The van der Waals surface area contributed by atoms with Crippen molar-refractivity contribution < 1.29 is 9.53 Å². The Kier molecular flexibility index (Phi) is 3.25. The highest BCUT2D eigenvalue weighted by molar-refractivity contribution is 5.96. The number of hydrogen-bond donors (Lipinski definition) is 1. The number of esters is 1. The molecule has 6 heteroatoms. The fraction of sp³-hybridized carbons (Fsp3) is 0.308. The van der Waals surface area contributed by atoms with E-state index in [-0.39, 0.29) is 11.3 Å². The Balaban J connectivity index is 2.63. The fourth-order valence-electron chi connectivity index (χ4n) is 1.85. The fourth-order valence-corrected chi connectivity index (χ4v) is 1.85. The molecule has 0 unspecified atom stereocenters. The molecule has 2 heterocycles. The number of nitrogen functional groups attached to an aromatic ring is 1. The minimum absolute atomic E-state index is 0.264. The predicted octanol–water partition coefficient (Wildman–Crippen LogP) is 1.56. The van der Waals surface area contributed by atoms with Gasteiger partial charge in [-0.2, -0.15) is 5.10 Å². The molecule has 6 nitrogen and oxygen atoms in total. The molecule has 0 atom stereocenters. The van der Waals surface area contributed by atoms with Crippen LogP contribution in [-0.2, 0) is 4.74 Å². The van der Waals surface area contributed by atoms with Gasteiger partial charge in [-0.3, -0.25) is 0 Å². The van der Waals surface area contributed by atoms with Crippen LogP contribution in [0.25, 0.3) is 5.82 Å². The molecule has 0 aliphatic carbocycles. The molecule has 2 aromatic heterocycles. The van der Waals surface area contributed by atoms with Crippen molar-refractivity contribution in [3.8, 4) is 5.82 Å². The minimum atomic E-state index is -0.487. The number of aromatic nitrogens is 3. The van der Waals surface area contributed by atoms with E-state index in [2.05, 4.69) is 10.1 Å². The Morgan fingerprint density at radius 3 is 2.58 bits per heavy atom. The van der Waals surface area contributed by atoms with Crippen LogP contribution in [0.2, 0.25) is 0 Å². The first kappa shape index (κ1) is 13.1. The lowest BCUT2D eigenvalue weighted by molar-refractivity contribution is 0.0602. The van der Waals surface area contributed by atoms with E-state index in [9.17, 15) is 4.79 Å². The summed E-state index contributed by atoms with van der Waals surface area (Å²) >= 11 is 0. The quantitative estimate of drug-likeness (QED) is 0.828. The molecule has 0 aromatic carbocycles. The number of hydrogen-bond acceptors (Lipinski definition) is 5. The largest absolute Gasteiger partial charge is 0.465 e. The average Bonchev–Trinajstić information content (AvgIpc) is 2.66. The Bertz CT molecular complexity index is 646. The lowest BCUT2D eigenvalue weighted by Crippen LogP contribution is -2.12. The maximum Gasteiger partial charge on any atom is 0.340 e. The maximum absolute atomic E-state index is 11.6. The summed E-state index contributed by atoms with van der Waals surface area (Å²) in [6.07, 6.45) is 1.52. The number of methoxy groups -OCH3 is 1. The number of ether oxygens (including phenoxy) is 1. The van der Waals surface area contributed by atoms with E-state index in [1.807, 2.05) is 20.8 Å². The highest BCUT2D eigenvalue weighted by Gasteiger charge is 2.18. The summed E-state index contributed by atoms with van der Waals surface area (Å²) in [5.41, 5.74) is 9.47. The normalized spacial score (nSPS) is 10.5. The zero-order chi connectivity index (χ0) is 14.2. The van der Waals surface area contributed by atoms with Crippen LogP contribution in [0.15, 0.2) is 12.3 Å². The molecule has 0 fully saturated rings. The molecule has 2 aromatic rings. The van der Waals surface area contributed by atoms with Gasteiger partial charge in [-0.05, 0) is 32.4 Å². The van der Waals surface area contributed by atoms with Crippen LogP contribution in [0.1, 0.15) is 27.3 Å².